The standard InChI is InChI=1S/C27H28N4O/c1-4-30(17-14-22-11-15-28-16-12-22)26(32)10-9-24-27(23-7-5-20(2)6-8-23)29-25-19-21(3)13-18-31(24)25/h5-13,15-16,18-19H,4,14,17H2,1-3H3/b10-9+. The second-order valence-electron chi connectivity index (χ2n) is 8.00. The summed E-state index contributed by atoms with van der Waals surface area (Å²) >= 11 is 0. The molecule has 0 N–H and O–H groups in total. The normalized spacial score (nSPS) is 11.3. The number of carbonyl (C=O) groups is 1. The monoisotopic (exact) mass is 424 g/mol. The number of aryl methyl sites for hydroxylation is 2. The van der Waals surface area contributed by atoms with E-state index in [0.717, 1.165) is 34.6 Å². The Hall–Kier alpha value is -3.73. The van der Waals surface area contributed by atoms with Gasteiger partial charge in [-0.15, -0.1) is 0 Å². The van der Waals surface area contributed by atoms with Gasteiger partial charge in [0.2, 0.25) is 5.91 Å². The maximum Gasteiger partial charge on any atom is 0.246 e. The number of carbonyl (C=O) groups excluding carboxylic acids is 1. The molecule has 162 valence electrons. The predicted octanol–water partition coefficient (Wildman–Crippen LogP) is 5.12. The third-order valence-electron chi connectivity index (χ3n) is 5.64. The van der Waals surface area contributed by atoms with Crippen LogP contribution in [0.15, 0.2) is 73.2 Å². The van der Waals surface area contributed by atoms with Crippen LogP contribution in [0.25, 0.3) is 23.0 Å². The third kappa shape index (κ3) is 4.78. The quantitative estimate of drug-likeness (QED) is 0.387. The summed E-state index contributed by atoms with van der Waals surface area (Å²) in [5, 5.41) is 0. The van der Waals surface area contributed by atoms with Gasteiger partial charge in [-0.2, -0.15) is 0 Å². The highest BCUT2D eigenvalue weighted by Crippen LogP contribution is 2.26. The first-order valence-electron chi connectivity index (χ1n) is 11.0. The average Bonchev–Trinajstić information content (AvgIpc) is 3.16. The summed E-state index contributed by atoms with van der Waals surface area (Å²) in [5.41, 5.74) is 7.22. The average molecular weight is 425 g/mol. The van der Waals surface area contributed by atoms with Gasteiger partial charge in [-0.3, -0.25) is 14.2 Å². The van der Waals surface area contributed by atoms with Crippen molar-refractivity contribution in [2.24, 2.45) is 0 Å². The highest BCUT2D eigenvalue weighted by molar-refractivity contribution is 5.93. The van der Waals surface area contributed by atoms with Crippen LogP contribution in [0.4, 0.5) is 0 Å². The minimum Gasteiger partial charge on any atom is -0.339 e. The van der Waals surface area contributed by atoms with Gasteiger partial charge in [-0.05, 0) is 68.7 Å². The van der Waals surface area contributed by atoms with Crippen LogP contribution in [0.3, 0.4) is 0 Å². The summed E-state index contributed by atoms with van der Waals surface area (Å²) in [6, 6.07) is 16.4. The molecule has 0 radical (unpaired) electrons. The number of amides is 1. The van der Waals surface area contributed by atoms with Crippen LogP contribution in [0.1, 0.15) is 29.3 Å². The van der Waals surface area contributed by atoms with E-state index in [1.807, 2.05) is 40.6 Å². The number of fused-ring (bicyclic) bond motifs is 1. The maximum absolute atomic E-state index is 13.0. The number of pyridine rings is 2. The zero-order valence-corrected chi connectivity index (χ0v) is 18.8. The summed E-state index contributed by atoms with van der Waals surface area (Å²) in [5.74, 6) is -0.00141. The molecule has 0 aliphatic heterocycles. The summed E-state index contributed by atoms with van der Waals surface area (Å²) in [6.45, 7) is 7.46. The number of hydrogen-bond donors (Lipinski definition) is 0. The molecule has 0 aliphatic carbocycles. The molecule has 1 aromatic carbocycles. The topological polar surface area (TPSA) is 50.5 Å². The molecular weight excluding hydrogens is 396 g/mol. The third-order valence-corrected chi connectivity index (χ3v) is 5.64. The van der Waals surface area contributed by atoms with Gasteiger partial charge in [0.15, 0.2) is 0 Å². The molecule has 4 rings (SSSR count). The number of benzene rings is 1. The Bertz CT molecular complexity index is 1240. The van der Waals surface area contributed by atoms with E-state index in [0.29, 0.717) is 13.1 Å². The van der Waals surface area contributed by atoms with E-state index in [-0.39, 0.29) is 5.91 Å². The molecule has 4 aromatic rings. The summed E-state index contributed by atoms with van der Waals surface area (Å²) in [7, 11) is 0. The molecular formula is C27H28N4O. The van der Waals surface area contributed by atoms with Crippen LogP contribution in [0, 0.1) is 13.8 Å². The number of nitrogens with zero attached hydrogens (tertiary/aromatic N) is 4. The van der Waals surface area contributed by atoms with Gasteiger partial charge < -0.3 is 4.90 Å². The Morgan fingerprint density at radius 2 is 1.78 bits per heavy atom. The van der Waals surface area contributed by atoms with Crippen molar-refractivity contribution in [1.29, 1.82) is 0 Å². The van der Waals surface area contributed by atoms with Crippen LogP contribution < -0.4 is 0 Å². The molecule has 3 aromatic heterocycles. The highest BCUT2D eigenvalue weighted by Gasteiger charge is 2.14. The van der Waals surface area contributed by atoms with E-state index in [9.17, 15) is 4.79 Å². The van der Waals surface area contributed by atoms with Crippen molar-refractivity contribution >= 4 is 17.6 Å². The first-order chi connectivity index (χ1) is 15.5. The lowest BCUT2D eigenvalue weighted by Crippen LogP contribution is -2.31. The Labute approximate surface area is 189 Å². The summed E-state index contributed by atoms with van der Waals surface area (Å²) < 4.78 is 2.04. The number of hydrogen-bond acceptors (Lipinski definition) is 3. The Morgan fingerprint density at radius 1 is 1.03 bits per heavy atom. The van der Waals surface area contributed by atoms with Gasteiger partial charge >= 0.3 is 0 Å². The fraction of sp³-hybridized carbons (Fsp3) is 0.222. The lowest BCUT2D eigenvalue weighted by atomic mass is 10.1. The van der Waals surface area contributed by atoms with Gasteiger partial charge in [0, 0.05) is 43.3 Å². The number of rotatable bonds is 7. The second kappa shape index (κ2) is 9.60. The SMILES string of the molecule is CCN(CCc1ccncc1)C(=O)/C=C/c1c(-c2ccc(C)cc2)nc2cc(C)ccn12. The first-order valence-corrected chi connectivity index (χ1v) is 11.0. The molecule has 5 heteroatoms. The Balaban J connectivity index is 1.62. The summed E-state index contributed by atoms with van der Waals surface area (Å²) in [4.78, 5) is 23.8. The molecule has 0 saturated heterocycles. The zero-order valence-electron chi connectivity index (χ0n) is 18.8. The van der Waals surface area contributed by atoms with Gasteiger partial charge in [-0.25, -0.2) is 4.98 Å². The van der Waals surface area contributed by atoms with E-state index >= 15 is 0 Å². The molecule has 0 fully saturated rings. The minimum atomic E-state index is -0.00141. The van der Waals surface area contributed by atoms with Crippen LogP contribution >= 0.6 is 0 Å². The lowest BCUT2D eigenvalue weighted by Gasteiger charge is -2.19. The second-order valence-corrected chi connectivity index (χ2v) is 8.00. The molecule has 0 unspecified atom stereocenters. The zero-order chi connectivity index (χ0) is 22.5. The molecule has 32 heavy (non-hydrogen) atoms. The van der Waals surface area contributed by atoms with Crippen LogP contribution in [-0.4, -0.2) is 38.3 Å². The van der Waals surface area contributed by atoms with Crippen LogP contribution in [0.2, 0.25) is 0 Å². The van der Waals surface area contributed by atoms with Crippen molar-refractivity contribution in [3.8, 4) is 11.3 Å². The largest absolute Gasteiger partial charge is 0.339 e. The smallest absolute Gasteiger partial charge is 0.246 e. The molecule has 0 bridgehead atoms. The maximum atomic E-state index is 13.0. The lowest BCUT2D eigenvalue weighted by molar-refractivity contribution is -0.125. The van der Waals surface area contributed by atoms with Gasteiger partial charge in [0.25, 0.3) is 0 Å². The van der Waals surface area contributed by atoms with Gasteiger partial charge in [-0.1, -0.05) is 29.8 Å². The molecule has 0 atom stereocenters. The first kappa shape index (κ1) is 21.5. The predicted molar refractivity (Wildman–Crippen MR) is 129 cm³/mol. The van der Waals surface area contributed by atoms with Gasteiger partial charge in [0.1, 0.15) is 5.65 Å². The Kier molecular flexibility index (Phi) is 6.45. The van der Waals surface area contributed by atoms with Crippen molar-refractivity contribution in [2.45, 2.75) is 27.2 Å². The summed E-state index contributed by atoms with van der Waals surface area (Å²) in [6.07, 6.45) is 9.94. The van der Waals surface area contributed by atoms with E-state index in [1.54, 1.807) is 18.5 Å². The van der Waals surface area contributed by atoms with Crippen molar-refractivity contribution in [3.05, 3.63) is 95.6 Å². The van der Waals surface area contributed by atoms with E-state index < -0.39 is 0 Å². The highest BCUT2D eigenvalue weighted by atomic mass is 16.2. The van der Waals surface area contributed by atoms with E-state index in [2.05, 4.69) is 55.2 Å². The van der Waals surface area contributed by atoms with Crippen molar-refractivity contribution in [1.82, 2.24) is 19.3 Å². The van der Waals surface area contributed by atoms with Crippen LogP contribution in [-0.2, 0) is 11.2 Å². The minimum absolute atomic E-state index is 0.00141. The molecule has 0 saturated carbocycles. The number of likely N-dealkylation sites (N-methyl/N-ethyl adjacent to an activating group) is 1. The molecule has 3 heterocycles. The van der Waals surface area contributed by atoms with Crippen molar-refractivity contribution in [3.63, 3.8) is 0 Å². The van der Waals surface area contributed by atoms with Crippen molar-refractivity contribution < 1.29 is 4.79 Å². The molecule has 5 nitrogen and oxygen atoms in total. The van der Waals surface area contributed by atoms with E-state index in [1.165, 1.54) is 11.1 Å². The van der Waals surface area contributed by atoms with E-state index in [4.69, 9.17) is 4.98 Å². The van der Waals surface area contributed by atoms with Crippen LogP contribution in [0.5, 0.6) is 0 Å². The molecule has 1 amide bonds. The fourth-order valence-corrected chi connectivity index (χ4v) is 3.74. The van der Waals surface area contributed by atoms with Gasteiger partial charge in [0.05, 0.1) is 11.4 Å². The number of aromatic nitrogens is 3. The fourth-order valence-electron chi connectivity index (χ4n) is 3.74. The Morgan fingerprint density at radius 3 is 2.50 bits per heavy atom. The molecule has 0 spiro atoms. The number of imidazole rings is 1. The molecule has 0 aliphatic rings. The van der Waals surface area contributed by atoms with Crippen molar-refractivity contribution in [2.75, 3.05) is 13.1 Å².